The molecule has 0 aliphatic rings. The zero-order valence-corrected chi connectivity index (χ0v) is 38.2. The van der Waals surface area contributed by atoms with Crippen LogP contribution in [0.15, 0.2) is 85.1 Å². The van der Waals surface area contributed by atoms with Crippen LogP contribution in [0.3, 0.4) is 0 Å². The highest BCUT2D eigenvalue weighted by Crippen LogP contribution is 2.15. The van der Waals surface area contributed by atoms with E-state index in [1.54, 1.807) is 0 Å². The van der Waals surface area contributed by atoms with Gasteiger partial charge in [-0.05, 0) is 77.0 Å². The summed E-state index contributed by atoms with van der Waals surface area (Å²) in [4.78, 5) is 37.7. The van der Waals surface area contributed by atoms with Crippen molar-refractivity contribution in [1.82, 2.24) is 0 Å². The molecule has 1 atom stereocenters. The third-order valence-electron chi connectivity index (χ3n) is 9.91. The Bertz CT molecular complexity index is 1170. The van der Waals surface area contributed by atoms with Crippen LogP contribution in [0.25, 0.3) is 0 Å². The first-order valence-electron chi connectivity index (χ1n) is 24.1. The van der Waals surface area contributed by atoms with Crippen LogP contribution in [-0.2, 0) is 28.6 Å². The molecule has 0 aliphatic carbocycles. The number of unbranched alkanes of at least 4 members (excludes halogenated alkanes) is 17. The molecule has 336 valence electrons. The fourth-order valence-electron chi connectivity index (χ4n) is 6.35. The number of ether oxygens (including phenoxy) is 3. The quantitative estimate of drug-likeness (QED) is 0.0264. The van der Waals surface area contributed by atoms with E-state index in [0.717, 1.165) is 83.5 Å². The first-order chi connectivity index (χ1) is 29.0. The summed E-state index contributed by atoms with van der Waals surface area (Å²) in [5.74, 6) is -1.04. The molecule has 6 heteroatoms. The zero-order chi connectivity index (χ0) is 43.0. The van der Waals surface area contributed by atoms with E-state index in [9.17, 15) is 14.4 Å². The molecule has 59 heavy (non-hydrogen) atoms. The van der Waals surface area contributed by atoms with Crippen molar-refractivity contribution in [3.8, 4) is 0 Å². The van der Waals surface area contributed by atoms with Crippen molar-refractivity contribution in [2.45, 2.75) is 219 Å². The molecule has 0 aromatic carbocycles. The predicted molar refractivity (Wildman–Crippen MR) is 251 cm³/mol. The maximum absolute atomic E-state index is 12.7. The number of esters is 3. The summed E-state index contributed by atoms with van der Waals surface area (Å²) in [5, 5.41) is 0. The van der Waals surface area contributed by atoms with Crippen molar-refractivity contribution in [1.29, 1.82) is 0 Å². The molecular weight excluding hydrogens is 733 g/mol. The molecule has 0 rings (SSSR count). The molecule has 0 radical (unpaired) electrons. The van der Waals surface area contributed by atoms with Crippen molar-refractivity contribution in [2.75, 3.05) is 13.2 Å². The molecule has 0 aliphatic heterocycles. The SMILES string of the molecule is CC/C=C\C/C=C\C/C=C\C/C=C\C/C=C\CCC(=O)OCC(COC(=O)CCCC/C=C\C/C=C\CC)OC(=O)CCCCCCCCCCCCCCCCCC. The van der Waals surface area contributed by atoms with E-state index in [4.69, 9.17) is 14.2 Å². The van der Waals surface area contributed by atoms with Crippen LogP contribution in [0.4, 0.5) is 0 Å². The van der Waals surface area contributed by atoms with Gasteiger partial charge in [-0.1, -0.05) is 202 Å². The smallest absolute Gasteiger partial charge is 0.306 e. The molecule has 0 saturated carbocycles. The Labute approximate surface area is 363 Å². The van der Waals surface area contributed by atoms with E-state index in [0.29, 0.717) is 19.3 Å². The lowest BCUT2D eigenvalue weighted by Crippen LogP contribution is -2.30. The Balaban J connectivity index is 4.46. The summed E-state index contributed by atoms with van der Waals surface area (Å²) in [5.41, 5.74) is 0. The summed E-state index contributed by atoms with van der Waals surface area (Å²) in [6.45, 7) is 6.29. The van der Waals surface area contributed by atoms with Gasteiger partial charge in [0.15, 0.2) is 6.10 Å². The van der Waals surface area contributed by atoms with Gasteiger partial charge in [0, 0.05) is 19.3 Å². The molecule has 0 aromatic heterocycles. The molecule has 0 aromatic rings. The third-order valence-corrected chi connectivity index (χ3v) is 9.91. The highest BCUT2D eigenvalue weighted by molar-refractivity contribution is 5.71. The summed E-state index contributed by atoms with van der Waals surface area (Å²) >= 11 is 0. The third kappa shape index (κ3) is 45.5. The number of hydrogen-bond donors (Lipinski definition) is 0. The second-order valence-corrected chi connectivity index (χ2v) is 15.6. The van der Waals surface area contributed by atoms with E-state index in [1.807, 2.05) is 12.2 Å². The van der Waals surface area contributed by atoms with Gasteiger partial charge in [0.05, 0.1) is 0 Å². The Kier molecular flexibility index (Phi) is 44.5. The van der Waals surface area contributed by atoms with Crippen LogP contribution in [0.5, 0.6) is 0 Å². The molecule has 0 bridgehead atoms. The van der Waals surface area contributed by atoms with Gasteiger partial charge in [-0.15, -0.1) is 0 Å². The molecule has 1 unspecified atom stereocenters. The van der Waals surface area contributed by atoms with Crippen LogP contribution in [0.1, 0.15) is 213 Å². The zero-order valence-electron chi connectivity index (χ0n) is 38.2. The van der Waals surface area contributed by atoms with E-state index < -0.39 is 6.10 Å². The van der Waals surface area contributed by atoms with Crippen LogP contribution < -0.4 is 0 Å². The Morgan fingerprint density at radius 2 is 0.695 bits per heavy atom. The number of allylic oxidation sites excluding steroid dienone is 14. The van der Waals surface area contributed by atoms with Gasteiger partial charge in [-0.2, -0.15) is 0 Å². The second kappa shape index (κ2) is 47.3. The van der Waals surface area contributed by atoms with Crippen LogP contribution in [-0.4, -0.2) is 37.2 Å². The average Bonchev–Trinajstić information content (AvgIpc) is 3.23. The maximum Gasteiger partial charge on any atom is 0.306 e. The monoisotopic (exact) mass is 821 g/mol. The number of carbonyl (C=O) groups is 3. The van der Waals surface area contributed by atoms with Crippen LogP contribution in [0.2, 0.25) is 0 Å². The number of rotatable bonds is 42. The predicted octanol–water partition coefficient (Wildman–Crippen LogP) is 15.6. The lowest BCUT2D eigenvalue weighted by Gasteiger charge is -2.18. The van der Waals surface area contributed by atoms with Crippen molar-refractivity contribution in [2.24, 2.45) is 0 Å². The van der Waals surface area contributed by atoms with Gasteiger partial charge in [-0.3, -0.25) is 14.4 Å². The minimum atomic E-state index is -0.815. The molecule has 6 nitrogen and oxygen atoms in total. The molecule has 0 fully saturated rings. The van der Waals surface area contributed by atoms with Gasteiger partial charge in [-0.25, -0.2) is 0 Å². The largest absolute Gasteiger partial charge is 0.462 e. The van der Waals surface area contributed by atoms with Crippen molar-refractivity contribution >= 4 is 17.9 Å². The average molecular weight is 821 g/mol. The van der Waals surface area contributed by atoms with Crippen LogP contribution in [0, 0.1) is 0 Å². The normalized spacial score (nSPS) is 12.8. The van der Waals surface area contributed by atoms with E-state index in [1.165, 1.54) is 83.5 Å². The fraction of sp³-hybridized carbons (Fsp3) is 0.679. The Morgan fingerprint density at radius 3 is 1.14 bits per heavy atom. The number of carbonyl (C=O) groups excluding carboxylic acids is 3. The summed E-state index contributed by atoms with van der Waals surface area (Å²) in [7, 11) is 0. The molecule has 0 spiro atoms. The number of hydrogen-bond acceptors (Lipinski definition) is 6. The first kappa shape index (κ1) is 55.6. The molecule has 0 heterocycles. The summed E-state index contributed by atoms with van der Waals surface area (Å²) in [6, 6.07) is 0. The topological polar surface area (TPSA) is 78.9 Å². The van der Waals surface area contributed by atoms with Crippen molar-refractivity contribution < 1.29 is 28.6 Å². The van der Waals surface area contributed by atoms with Crippen molar-refractivity contribution in [3.63, 3.8) is 0 Å². The maximum atomic E-state index is 12.7. The first-order valence-corrected chi connectivity index (χ1v) is 24.1. The van der Waals surface area contributed by atoms with Gasteiger partial charge >= 0.3 is 17.9 Å². The van der Waals surface area contributed by atoms with Gasteiger partial charge in [0.25, 0.3) is 0 Å². The summed E-state index contributed by atoms with van der Waals surface area (Å²) < 4.78 is 16.6. The van der Waals surface area contributed by atoms with Gasteiger partial charge in [0.2, 0.25) is 0 Å². The van der Waals surface area contributed by atoms with E-state index in [2.05, 4.69) is 93.7 Å². The van der Waals surface area contributed by atoms with Crippen molar-refractivity contribution in [3.05, 3.63) is 85.1 Å². The van der Waals surface area contributed by atoms with Gasteiger partial charge in [0.1, 0.15) is 13.2 Å². The standard InChI is InChI=1S/C53H88O6/c1-4-7-10-13-16-19-21-23-25-27-29-31-34-37-40-43-46-52(55)58-49-50(48-57-51(54)45-42-39-36-33-18-15-12-9-6-3)59-53(56)47-44-41-38-35-32-30-28-26-24-22-20-17-14-11-8-5-2/h7,9-10,12,16,18-19,23,25,29,31,33,37,40,50H,4-6,8,11,13-15,17,20-22,24,26-28,30,32,34-36,38-39,41-49H2,1-3H3/b10-7-,12-9-,19-16-,25-23-,31-29-,33-18-,40-37-. The highest BCUT2D eigenvalue weighted by atomic mass is 16.6. The van der Waals surface area contributed by atoms with Gasteiger partial charge < -0.3 is 14.2 Å². The summed E-state index contributed by atoms with van der Waals surface area (Å²) in [6.07, 6.45) is 60.2. The Morgan fingerprint density at radius 1 is 0.356 bits per heavy atom. The lowest BCUT2D eigenvalue weighted by atomic mass is 10.0. The van der Waals surface area contributed by atoms with E-state index >= 15 is 0 Å². The highest BCUT2D eigenvalue weighted by Gasteiger charge is 2.19. The Hall–Kier alpha value is -3.41. The molecular formula is C53H88O6. The minimum absolute atomic E-state index is 0.116. The minimum Gasteiger partial charge on any atom is -0.462 e. The molecule has 0 N–H and O–H groups in total. The molecule has 0 amide bonds. The van der Waals surface area contributed by atoms with Crippen LogP contribution >= 0.6 is 0 Å². The molecule has 0 saturated heterocycles. The second-order valence-electron chi connectivity index (χ2n) is 15.6. The lowest BCUT2D eigenvalue weighted by molar-refractivity contribution is -0.166. The van der Waals surface area contributed by atoms with E-state index in [-0.39, 0.29) is 37.5 Å². The fourth-order valence-corrected chi connectivity index (χ4v) is 6.35.